The minimum atomic E-state index is 0.0250. The number of nitrogens with zero attached hydrogens (tertiary/aromatic N) is 3. The van der Waals surface area contributed by atoms with Gasteiger partial charge in [-0.05, 0) is 43.7 Å². The van der Waals surface area contributed by atoms with Gasteiger partial charge in [0.15, 0.2) is 5.13 Å². The summed E-state index contributed by atoms with van der Waals surface area (Å²) in [6, 6.07) is 15.5. The van der Waals surface area contributed by atoms with Crippen molar-refractivity contribution in [1.82, 2.24) is 9.88 Å². The molecular weight excluding hydrogens is 438 g/mol. The van der Waals surface area contributed by atoms with Gasteiger partial charge in [0.05, 0.1) is 43.1 Å². The number of fused-ring (bicyclic) bond motifs is 1. The Morgan fingerprint density at radius 1 is 1.12 bits per heavy atom. The summed E-state index contributed by atoms with van der Waals surface area (Å²) in [5.41, 5.74) is 0.880. The molecule has 1 aromatic heterocycles. The average molecular weight is 470 g/mol. The first-order valence-electron chi connectivity index (χ1n) is 11.5. The third kappa shape index (κ3) is 6.66. The molecule has 1 amide bonds. The molecule has 0 saturated carbocycles. The molecule has 1 aliphatic rings. The van der Waals surface area contributed by atoms with E-state index in [4.69, 9.17) is 19.2 Å². The van der Waals surface area contributed by atoms with Crippen LogP contribution in [0, 0.1) is 0 Å². The summed E-state index contributed by atoms with van der Waals surface area (Å²) in [5.74, 6) is 1.62. The lowest BCUT2D eigenvalue weighted by Crippen LogP contribution is -2.39. The third-order valence-corrected chi connectivity index (χ3v) is 6.52. The number of aromatic nitrogens is 1. The highest BCUT2D eigenvalue weighted by Crippen LogP contribution is 2.32. The van der Waals surface area contributed by atoms with Crippen LogP contribution in [0.25, 0.3) is 10.2 Å². The number of hydrogen-bond acceptors (Lipinski definition) is 7. The fourth-order valence-electron chi connectivity index (χ4n) is 3.78. The van der Waals surface area contributed by atoms with Crippen LogP contribution < -0.4 is 14.4 Å². The van der Waals surface area contributed by atoms with Crippen molar-refractivity contribution in [1.29, 1.82) is 0 Å². The van der Waals surface area contributed by atoms with Crippen molar-refractivity contribution in [3.63, 3.8) is 0 Å². The van der Waals surface area contributed by atoms with E-state index in [0.29, 0.717) is 26.2 Å². The van der Waals surface area contributed by atoms with Gasteiger partial charge in [-0.15, -0.1) is 0 Å². The standard InChI is InChI=1S/C25H31N3O4S/c1-2-31-21-9-10-22-23(19-21)33-25(26-22)28(13-6-12-27-14-17-30-18-15-27)24(29)11-16-32-20-7-4-3-5-8-20/h3-5,7-10,19H,2,6,11-18H2,1H3. The van der Waals surface area contributed by atoms with Gasteiger partial charge in [0.2, 0.25) is 5.91 Å². The minimum Gasteiger partial charge on any atom is -0.494 e. The second-order valence-electron chi connectivity index (χ2n) is 7.82. The second kappa shape index (κ2) is 12.0. The van der Waals surface area contributed by atoms with E-state index >= 15 is 0 Å². The Balaban J connectivity index is 1.43. The van der Waals surface area contributed by atoms with Crippen LogP contribution in [0.15, 0.2) is 48.5 Å². The zero-order valence-electron chi connectivity index (χ0n) is 19.1. The monoisotopic (exact) mass is 469 g/mol. The van der Waals surface area contributed by atoms with Gasteiger partial charge in [-0.2, -0.15) is 0 Å². The smallest absolute Gasteiger partial charge is 0.232 e. The van der Waals surface area contributed by atoms with Crippen LogP contribution in [-0.4, -0.2) is 68.4 Å². The predicted octanol–water partition coefficient (Wildman–Crippen LogP) is 4.22. The molecule has 1 saturated heterocycles. The van der Waals surface area contributed by atoms with Crippen LogP contribution in [0.2, 0.25) is 0 Å². The number of hydrogen-bond donors (Lipinski definition) is 0. The largest absolute Gasteiger partial charge is 0.494 e. The summed E-state index contributed by atoms with van der Waals surface area (Å²) in [4.78, 5) is 22.2. The van der Waals surface area contributed by atoms with Gasteiger partial charge in [-0.1, -0.05) is 29.5 Å². The molecule has 2 heterocycles. The lowest BCUT2D eigenvalue weighted by atomic mass is 10.3. The quantitative estimate of drug-likeness (QED) is 0.419. The molecule has 1 fully saturated rings. The summed E-state index contributed by atoms with van der Waals surface area (Å²) in [6.45, 7) is 7.92. The van der Waals surface area contributed by atoms with E-state index in [2.05, 4.69) is 4.90 Å². The molecule has 33 heavy (non-hydrogen) atoms. The first-order valence-corrected chi connectivity index (χ1v) is 12.4. The molecule has 0 bridgehead atoms. The minimum absolute atomic E-state index is 0.0250. The molecule has 0 aliphatic carbocycles. The van der Waals surface area contributed by atoms with Crippen LogP contribution in [-0.2, 0) is 9.53 Å². The molecule has 0 radical (unpaired) electrons. The van der Waals surface area contributed by atoms with Gasteiger partial charge in [0, 0.05) is 26.2 Å². The lowest BCUT2D eigenvalue weighted by Gasteiger charge is -2.27. The first kappa shape index (κ1) is 23.5. The molecule has 0 atom stereocenters. The normalized spacial score (nSPS) is 14.3. The van der Waals surface area contributed by atoms with Crippen molar-refractivity contribution >= 4 is 32.6 Å². The lowest BCUT2D eigenvalue weighted by molar-refractivity contribution is -0.119. The van der Waals surface area contributed by atoms with Crippen LogP contribution >= 0.6 is 11.3 Å². The highest BCUT2D eigenvalue weighted by atomic mass is 32.1. The summed E-state index contributed by atoms with van der Waals surface area (Å²) in [6.07, 6.45) is 1.18. The zero-order valence-corrected chi connectivity index (χ0v) is 19.9. The molecule has 1 aliphatic heterocycles. The van der Waals surface area contributed by atoms with Crippen LogP contribution in [0.5, 0.6) is 11.5 Å². The molecule has 0 N–H and O–H groups in total. The maximum atomic E-state index is 13.2. The molecule has 176 valence electrons. The number of amides is 1. The van der Waals surface area contributed by atoms with Gasteiger partial charge in [-0.3, -0.25) is 14.6 Å². The van der Waals surface area contributed by atoms with E-state index in [1.165, 1.54) is 11.3 Å². The summed E-state index contributed by atoms with van der Waals surface area (Å²) >= 11 is 1.53. The Bertz CT molecular complexity index is 1020. The summed E-state index contributed by atoms with van der Waals surface area (Å²) < 4.78 is 17.8. The Kier molecular flexibility index (Phi) is 8.52. The van der Waals surface area contributed by atoms with E-state index in [1.54, 1.807) is 0 Å². The van der Waals surface area contributed by atoms with E-state index in [-0.39, 0.29) is 5.91 Å². The van der Waals surface area contributed by atoms with Crippen LogP contribution in [0.4, 0.5) is 5.13 Å². The number of carbonyl (C=O) groups is 1. The van der Waals surface area contributed by atoms with Gasteiger partial charge < -0.3 is 14.2 Å². The van der Waals surface area contributed by atoms with Crippen molar-refractivity contribution in [2.45, 2.75) is 19.8 Å². The van der Waals surface area contributed by atoms with E-state index < -0.39 is 0 Å². The van der Waals surface area contributed by atoms with Crippen molar-refractivity contribution in [2.75, 3.05) is 57.5 Å². The highest BCUT2D eigenvalue weighted by molar-refractivity contribution is 7.22. The number of ether oxygens (including phenoxy) is 3. The molecule has 0 spiro atoms. The molecule has 8 heteroatoms. The fourth-order valence-corrected chi connectivity index (χ4v) is 4.81. The number of para-hydroxylation sites is 1. The third-order valence-electron chi connectivity index (χ3n) is 5.48. The maximum absolute atomic E-state index is 13.2. The molecular formula is C25H31N3O4S. The number of thiazole rings is 1. The second-order valence-corrected chi connectivity index (χ2v) is 8.83. The highest BCUT2D eigenvalue weighted by Gasteiger charge is 2.21. The predicted molar refractivity (Wildman–Crippen MR) is 132 cm³/mol. The Hall–Kier alpha value is -2.68. The van der Waals surface area contributed by atoms with Crippen LogP contribution in [0.1, 0.15) is 19.8 Å². The zero-order chi connectivity index (χ0) is 22.9. The fraction of sp³-hybridized carbons (Fsp3) is 0.440. The number of carbonyl (C=O) groups excluding carboxylic acids is 1. The van der Waals surface area contributed by atoms with Gasteiger partial charge >= 0.3 is 0 Å². The molecule has 4 rings (SSSR count). The van der Waals surface area contributed by atoms with Crippen LogP contribution in [0.3, 0.4) is 0 Å². The molecule has 3 aromatic rings. The number of anilines is 1. The van der Waals surface area contributed by atoms with Crippen molar-refractivity contribution < 1.29 is 19.0 Å². The first-order chi connectivity index (χ1) is 16.2. The van der Waals surface area contributed by atoms with Crippen molar-refractivity contribution in [3.05, 3.63) is 48.5 Å². The van der Waals surface area contributed by atoms with E-state index in [9.17, 15) is 4.79 Å². The number of rotatable bonds is 11. The van der Waals surface area contributed by atoms with Gasteiger partial charge in [0.1, 0.15) is 11.5 Å². The summed E-state index contributed by atoms with van der Waals surface area (Å²) in [7, 11) is 0. The van der Waals surface area contributed by atoms with Gasteiger partial charge in [-0.25, -0.2) is 4.98 Å². The van der Waals surface area contributed by atoms with Crippen molar-refractivity contribution in [3.8, 4) is 11.5 Å². The molecule has 7 nitrogen and oxygen atoms in total. The topological polar surface area (TPSA) is 64.1 Å². The Morgan fingerprint density at radius 2 is 1.94 bits per heavy atom. The number of benzene rings is 2. The van der Waals surface area contributed by atoms with Gasteiger partial charge in [0.25, 0.3) is 0 Å². The molecule has 0 unspecified atom stereocenters. The van der Waals surface area contributed by atoms with E-state index in [0.717, 1.165) is 66.1 Å². The van der Waals surface area contributed by atoms with Crippen molar-refractivity contribution in [2.24, 2.45) is 0 Å². The Morgan fingerprint density at radius 3 is 2.73 bits per heavy atom. The number of morpholine rings is 1. The SMILES string of the molecule is CCOc1ccc2nc(N(CCCN3CCOCC3)C(=O)CCOc3ccccc3)sc2c1. The summed E-state index contributed by atoms with van der Waals surface area (Å²) in [5, 5.41) is 0.727. The Labute approximate surface area is 198 Å². The van der Waals surface area contributed by atoms with E-state index in [1.807, 2.05) is 60.4 Å². The maximum Gasteiger partial charge on any atom is 0.232 e. The molecule has 2 aromatic carbocycles. The average Bonchev–Trinajstić information content (AvgIpc) is 3.26.